The van der Waals surface area contributed by atoms with Crippen molar-refractivity contribution in [1.82, 2.24) is 10.3 Å². The van der Waals surface area contributed by atoms with E-state index < -0.39 is 0 Å². The molecule has 2 aliphatic heterocycles. The van der Waals surface area contributed by atoms with Gasteiger partial charge in [-0.15, -0.1) is 0 Å². The number of ether oxygens (including phenoxy) is 2. The van der Waals surface area contributed by atoms with Crippen molar-refractivity contribution in [3.8, 4) is 0 Å². The third-order valence-electron chi connectivity index (χ3n) is 8.80. The van der Waals surface area contributed by atoms with Crippen molar-refractivity contribution in [2.75, 3.05) is 13.1 Å². The number of epoxide rings is 1. The highest BCUT2D eigenvalue weighted by molar-refractivity contribution is 5.83. The summed E-state index contributed by atoms with van der Waals surface area (Å²) >= 11 is 0. The molecule has 7 atom stereocenters. The van der Waals surface area contributed by atoms with Gasteiger partial charge in [0.05, 0.1) is 12.0 Å². The first-order chi connectivity index (χ1) is 14.5. The number of esters is 1. The van der Waals surface area contributed by atoms with Crippen molar-refractivity contribution in [2.45, 2.75) is 63.8 Å². The maximum Gasteiger partial charge on any atom is 0.311 e. The van der Waals surface area contributed by atoms with Gasteiger partial charge in [-0.3, -0.25) is 4.79 Å². The largest absolute Gasteiger partial charge is 0.462 e. The number of rotatable bonds is 5. The summed E-state index contributed by atoms with van der Waals surface area (Å²) in [5, 5.41) is 4.84. The van der Waals surface area contributed by atoms with Crippen LogP contribution in [0.3, 0.4) is 0 Å². The molecule has 5 heteroatoms. The highest BCUT2D eigenvalue weighted by Crippen LogP contribution is 2.70. The lowest BCUT2D eigenvalue weighted by molar-refractivity contribution is -0.146. The number of benzene rings is 1. The molecule has 1 aromatic carbocycles. The maximum absolute atomic E-state index is 12.8. The molecule has 30 heavy (non-hydrogen) atoms. The van der Waals surface area contributed by atoms with E-state index in [-0.39, 0.29) is 41.0 Å². The van der Waals surface area contributed by atoms with E-state index in [4.69, 9.17) is 9.47 Å². The van der Waals surface area contributed by atoms with Crippen LogP contribution in [0.1, 0.15) is 45.1 Å². The van der Waals surface area contributed by atoms with Crippen LogP contribution in [0.5, 0.6) is 0 Å². The third-order valence-corrected chi connectivity index (χ3v) is 8.80. The Labute approximate surface area is 177 Å². The fraction of sp³-hybridized carbons (Fsp3) is 0.640. The van der Waals surface area contributed by atoms with E-state index in [9.17, 15) is 4.79 Å². The zero-order valence-electron chi connectivity index (χ0n) is 17.9. The standard InChI is InChI=1S/C25H32N2O3/c1-15-6-5-10-24(2)12-20-21(22-25(15,24)30-22)18(23(28)29-20)14-26-11-9-16-13-27-19-8-4-3-7-17(16)19/h3-4,7-8,13,15,18,20-22,26-27H,5-6,9-12,14H2,1-2H3/t15-,18+,20+,21+,22-,24+,25-/m0/s1. The van der Waals surface area contributed by atoms with Crippen molar-refractivity contribution in [2.24, 2.45) is 23.2 Å². The molecule has 4 fully saturated rings. The Kier molecular flexibility index (Phi) is 4.14. The Morgan fingerprint density at radius 2 is 2.17 bits per heavy atom. The summed E-state index contributed by atoms with van der Waals surface area (Å²) < 4.78 is 12.4. The van der Waals surface area contributed by atoms with Crippen molar-refractivity contribution in [1.29, 1.82) is 0 Å². The SMILES string of the molecule is C[C@H]1CCC[C@]2(C)C[C@H]3OC(=O)[C@H](CNCCc4c[nH]c5ccccc45)[C@H]3[C@@H]3O[C@@]132. The smallest absolute Gasteiger partial charge is 0.311 e. The molecule has 2 aliphatic carbocycles. The summed E-state index contributed by atoms with van der Waals surface area (Å²) in [6.45, 7) is 6.26. The van der Waals surface area contributed by atoms with Gasteiger partial charge in [-0.25, -0.2) is 0 Å². The normalized spacial score (nSPS) is 41.8. The van der Waals surface area contributed by atoms with Crippen LogP contribution >= 0.6 is 0 Å². The molecule has 5 nitrogen and oxygen atoms in total. The first-order valence-corrected chi connectivity index (χ1v) is 11.7. The zero-order chi connectivity index (χ0) is 20.5. The molecule has 1 aromatic heterocycles. The van der Waals surface area contributed by atoms with E-state index >= 15 is 0 Å². The van der Waals surface area contributed by atoms with Gasteiger partial charge in [-0.2, -0.15) is 0 Å². The number of aromatic nitrogens is 1. The first kappa shape index (κ1) is 18.9. The number of nitrogens with one attached hydrogen (secondary N) is 2. The van der Waals surface area contributed by atoms with Gasteiger partial charge in [-0.05, 0) is 49.8 Å². The average Bonchev–Trinajstić information content (AvgIpc) is 3.25. The van der Waals surface area contributed by atoms with Crippen LogP contribution in [0, 0.1) is 23.2 Å². The topological polar surface area (TPSA) is 66.6 Å². The van der Waals surface area contributed by atoms with Gasteiger partial charge in [0.25, 0.3) is 0 Å². The minimum Gasteiger partial charge on any atom is -0.462 e. The monoisotopic (exact) mass is 408 g/mol. The second kappa shape index (κ2) is 6.57. The van der Waals surface area contributed by atoms with Crippen LogP contribution in [-0.4, -0.2) is 41.9 Å². The maximum atomic E-state index is 12.8. The lowest BCUT2D eigenvalue weighted by Gasteiger charge is -2.48. The molecule has 4 aliphatic rings. The molecule has 0 bridgehead atoms. The Morgan fingerprint density at radius 1 is 1.30 bits per heavy atom. The summed E-state index contributed by atoms with van der Waals surface area (Å²) in [6.07, 6.45) is 7.94. The fourth-order valence-corrected chi connectivity index (χ4v) is 7.29. The number of para-hydroxylation sites is 1. The molecule has 3 heterocycles. The third kappa shape index (κ3) is 2.51. The Morgan fingerprint density at radius 3 is 3.07 bits per heavy atom. The Hall–Kier alpha value is -1.85. The predicted octanol–water partition coefficient (Wildman–Crippen LogP) is 3.83. The quantitative estimate of drug-likeness (QED) is 0.448. The van der Waals surface area contributed by atoms with E-state index in [1.165, 1.54) is 35.7 Å². The zero-order valence-corrected chi connectivity index (χ0v) is 17.9. The molecule has 2 saturated heterocycles. The minimum atomic E-state index is -0.0824. The van der Waals surface area contributed by atoms with Crippen LogP contribution in [0.2, 0.25) is 0 Å². The molecule has 1 spiro atoms. The number of fused-ring (bicyclic) bond motifs is 3. The molecule has 160 valence electrons. The second-order valence-corrected chi connectivity index (χ2v) is 10.4. The van der Waals surface area contributed by atoms with E-state index in [0.29, 0.717) is 12.5 Å². The minimum absolute atomic E-state index is 0.0112. The molecular formula is C25H32N2O3. The molecular weight excluding hydrogens is 376 g/mol. The number of carbonyl (C=O) groups excluding carboxylic acids is 1. The lowest BCUT2D eigenvalue weighted by Crippen LogP contribution is -2.54. The van der Waals surface area contributed by atoms with Gasteiger partial charge in [-0.1, -0.05) is 38.5 Å². The molecule has 2 saturated carbocycles. The van der Waals surface area contributed by atoms with Crippen LogP contribution in [0.15, 0.2) is 30.5 Å². The summed E-state index contributed by atoms with van der Waals surface area (Å²) in [6, 6.07) is 8.40. The Balaban J connectivity index is 1.13. The molecule has 2 aromatic rings. The number of aromatic amines is 1. The highest BCUT2D eigenvalue weighted by atomic mass is 16.6. The van der Waals surface area contributed by atoms with E-state index in [2.05, 4.69) is 54.6 Å². The van der Waals surface area contributed by atoms with Crippen molar-refractivity contribution < 1.29 is 14.3 Å². The number of H-pyrrole nitrogens is 1. The molecule has 2 N–H and O–H groups in total. The van der Waals surface area contributed by atoms with E-state index in [0.717, 1.165) is 19.4 Å². The summed E-state index contributed by atoms with van der Waals surface area (Å²) in [5.41, 5.74) is 2.65. The number of hydrogen-bond acceptors (Lipinski definition) is 4. The fourth-order valence-electron chi connectivity index (χ4n) is 7.29. The highest BCUT2D eigenvalue weighted by Gasteiger charge is 2.78. The molecule has 0 radical (unpaired) electrons. The van der Waals surface area contributed by atoms with E-state index in [1.54, 1.807) is 0 Å². The molecule has 0 unspecified atom stereocenters. The molecule has 6 rings (SSSR count). The number of hydrogen-bond donors (Lipinski definition) is 2. The van der Waals surface area contributed by atoms with Gasteiger partial charge in [0.15, 0.2) is 0 Å². The lowest BCUT2D eigenvalue weighted by atomic mass is 9.53. The summed E-state index contributed by atoms with van der Waals surface area (Å²) in [7, 11) is 0. The molecule has 0 amide bonds. The van der Waals surface area contributed by atoms with Gasteiger partial charge in [0.1, 0.15) is 11.7 Å². The van der Waals surface area contributed by atoms with Crippen molar-refractivity contribution >= 4 is 16.9 Å². The second-order valence-electron chi connectivity index (χ2n) is 10.4. The summed E-state index contributed by atoms with van der Waals surface area (Å²) in [5.74, 6) is 0.686. The first-order valence-electron chi connectivity index (χ1n) is 11.7. The Bertz CT molecular complexity index is 986. The van der Waals surface area contributed by atoms with Gasteiger partial charge < -0.3 is 19.8 Å². The van der Waals surface area contributed by atoms with Gasteiger partial charge >= 0.3 is 5.97 Å². The predicted molar refractivity (Wildman–Crippen MR) is 115 cm³/mol. The van der Waals surface area contributed by atoms with Gasteiger partial charge in [0, 0.05) is 35.0 Å². The van der Waals surface area contributed by atoms with Crippen LogP contribution in [-0.2, 0) is 20.7 Å². The van der Waals surface area contributed by atoms with Crippen LogP contribution in [0.4, 0.5) is 0 Å². The van der Waals surface area contributed by atoms with Crippen LogP contribution < -0.4 is 5.32 Å². The van der Waals surface area contributed by atoms with E-state index in [1.807, 2.05) is 0 Å². The van der Waals surface area contributed by atoms with Crippen molar-refractivity contribution in [3.63, 3.8) is 0 Å². The van der Waals surface area contributed by atoms with Gasteiger partial charge in [0.2, 0.25) is 0 Å². The van der Waals surface area contributed by atoms with Crippen molar-refractivity contribution in [3.05, 3.63) is 36.0 Å². The average molecular weight is 409 g/mol. The summed E-state index contributed by atoms with van der Waals surface area (Å²) in [4.78, 5) is 16.1. The van der Waals surface area contributed by atoms with Crippen LogP contribution in [0.25, 0.3) is 10.9 Å². The number of carbonyl (C=O) groups is 1.